The Morgan fingerprint density at radius 2 is 1.77 bits per heavy atom. The minimum absolute atomic E-state index is 0.355. The Labute approximate surface area is 201 Å². The molecule has 3 heterocycles. The zero-order chi connectivity index (χ0) is 24.2. The number of carbonyl (C=O) groups is 2. The summed E-state index contributed by atoms with van der Waals surface area (Å²) in [5.41, 5.74) is 1.83. The molecule has 0 saturated heterocycles. The van der Waals surface area contributed by atoms with E-state index in [1.54, 1.807) is 91.0 Å². The number of aromatic nitrogens is 3. The molecular formula is C26H23N5O4. The summed E-state index contributed by atoms with van der Waals surface area (Å²) in [6.45, 7) is 0.906. The Morgan fingerprint density at radius 1 is 1.00 bits per heavy atom. The first-order valence-corrected chi connectivity index (χ1v) is 11.1. The van der Waals surface area contributed by atoms with Gasteiger partial charge in [-0.25, -0.2) is 0 Å². The van der Waals surface area contributed by atoms with Gasteiger partial charge in [-0.3, -0.25) is 24.2 Å². The second-order valence-electron chi connectivity index (χ2n) is 7.92. The lowest BCUT2D eigenvalue weighted by atomic mass is 10.1. The van der Waals surface area contributed by atoms with Crippen LogP contribution in [0.1, 0.15) is 22.1 Å². The van der Waals surface area contributed by atoms with Crippen molar-refractivity contribution in [3.8, 4) is 11.5 Å². The molecule has 2 aromatic heterocycles. The number of nitrogens with one attached hydrogen (secondary N) is 1. The zero-order valence-corrected chi connectivity index (χ0v) is 19.0. The van der Waals surface area contributed by atoms with Crippen molar-refractivity contribution in [3.05, 3.63) is 96.6 Å². The number of hydrogen-bond donors (Lipinski definition) is 1. The number of anilines is 2. The second kappa shape index (κ2) is 9.68. The van der Waals surface area contributed by atoms with E-state index >= 15 is 0 Å². The van der Waals surface area contributed by atoms with E-state index in [1.807, 2.05) is 6.07 Å². The first-order valence-electron chi connectivity index (χ1n) is 11.1. The number of aryl methyl sites for hydroxylation is 1. The van der Waals surface area contributed by atoms with Gasteiger partial charge >= 0.3 is 0 Å². The molecule has 176 valence electrons. The summed E-state index contributed by atoms with van der Waals surface area (Å²) in [4.78, 5) is 33.4. The van der Waals surface area contributed by atoms with E-state index in [4.69, 9.17) is 9.47 Å². The lowest BCUT2D eigenvalue weighted by Crippen LogP contribution is -2.42. The average molecular weight is 470 g/mol. The third-order valence-corrected chi connectivity index (χ3v) is 5.49. The molecule has 1 atom stereocenters. The maximum absolute atomic E-state index is 13.8. The van der Waals surface area contributed by atoms with Gasteiger partial charge in [-0.05, 0) is 36.4 Å². The van der Waals surface area contributed by atoms with Gasteiger partial charge in [-0.1, -0.05) is 24.3 Å². The van der Waals surface area contributed by atoms with Gasteiger partial charge in [0.25, 0.3) is 11.8 Å². The van der Waals surface area contributed by atoms with Crippen LogP contribution in [0.5, 0.6) is 11.5 Å². The first kappa shape index (κ1) is 22.1. The molecular weight excluding hydrogens is 446 g/mol. The van der Waals surface area contributed by atoms with Crippen molar-refractivity contribution in [2.75, 3.05) is 23.4 Å². The lowest BCUT2D eigenvalue weighted by Gasteiger charge is -2.30. The largest absolute Gasteiger partial charge is 0.486 e. The normalized spacial score (nSPS) is 13.1. The Kier molecular flexibility index (Phi) is 6.13. The van der Waals surface area contributed by atoms with Crippen LogP contribution in [0.2, 0.25) is 0 Å². The summed E-state index contributed by atoms with van der Waals surface area (Å²) in [7, 11) is 1.75. The van der Waals surface area contributed by atoms with Crippen molar-refractivity contribution in [2.24, 2.45) is 7.05 Å². The number of amides is 2. The minimum Gasteiger partial charge on any atom is -0.486 e. The molecule has 0 aliphatic carbocycles. The highest BCUT2D eigenvalue weighted by atomic mass is 16.6. The molecule has 9 heteroatoms. The highest BCUT2D eigenvalue weighted by Gasteiger charge is 2.35. The lowest BCUT2D eigenvalue weighted by molar-refractivity contribution is -0.117. The molecule has 1 N–H and O–H groups in total. The van der Waals surface area contributed by atoms with Crippen LogP contribution in [0.15, 0.2) is 85.3 Å². The summed E-state index contributed by atoms with van der Waals surface area (Å²) < 4.78 is 12.8. The molecule has 2 amide bonds. The van der Waals surface area contributed by atoms with E-state index < -0.39 is 11.9 Å². The van der Waals surface area contributed by atoms with E-state index in [0.29, 0.717) is 47.3 Å². The Hall–Kier alpha value is -4.66. The molecule has 5 rings (SSSR count). The first-order chi connectivity index (χ1) is 17.1. The molecule has 0 saturated carbocycles. The molecule has 2 aromatic carbocycles. The summed E-state index contributed by atoms with van der Waals surface area (Å²) in [6.07, 6.45) is 4.83. The molecule has 0 fully saturated rings. The fourth-order valence-electron chi connectivity index (χ4n) is 3.89. The summed E-state index contributed by atoms with van der Waals surface area (Å²) in [5, 5.41) is 7.14. The van der Waals surface area contributed by atoms with Crippen molar-refractivity contribution in [1.82, 2.24) is 14.8 Å². The third kappa shape index (κ3) is 4.70. The van der Waals surface area contributed by atoms with Crippen LogP contribution >= 0.6 is 0 Å². The van der Waals surface area contributed by atoms with Crippen molar-refractivity contribution < 1.29 is 19.1 Å². The number of fused-ring (bicyclic) bond motifs is 1. The van der Waals surface area contributed by atoms with E-state index in [-0.39, 0.29) is 5.91 Å². The number of nitrogens with zero attached hydrogens (tertiary/aromatic N) is 4. The fourth-order valence-corrected chi connectivity index (χ4v) is 3.89. The molecule has 1 aliphatic rings. The average Bonchev–Trinajstić information content (AvgIpc) is 3.33. The maximum Gasteiger partial charge on any atom is 0.259 e. The minimum atomic E-state index is -1.07. The smallest absolute Gasteiger partial charge is 0.259 e. The van der Waals surface area contributed by atoms with Crippen LogP contribution in [0, 0.1) is 0 Å². The van der Waals surface area contributed by atoms with E-state index in [2.05, 4.69) is 15.4 Å². The number of benzene rings is 2. The Bertz CT molecular complexity index is 1340. The van der Waals surface area contributed by atoms with Gasteiger partial charge in [0.2, 0.25) is 0 Å². The Morgan fingerprint density at radius 3 is 2.49 bits per heavy atom. The SMILES string of the molecule is Cn1cc(N(C(=O)c2ccccc2)C(C(=O)Nc2ccc3c(c2)OCCO3)c2ccccn2)cn1. The molecule has 1 aliphatic heterocycles. The van der Waals surface area contributed by atoms with Crippen molar-refractivity contribution in [1.29, 1.82) is 0 Å². The standard InChI is InChI=1S/C26H23N5O4/c1-30-17-20(16-28-30)31(26(33)18-7-3-2-4-8-18)24(21-9-5-6-12-27-21)25(32)29-19-10-11-22-23(15-19)35-14-13-34-22/h2-12,15-17,24H,13-14H2,1H3,(H,29,32). The highest BCUT2D eigenvalue weighted by Crippen LogP contribution is 2.34. The van der Waals surface area contributed by atoms with Crippen molar-refractivity contribution in [2.45, 2.75) is 6.04 Å². The molecule has 9 nitrogen and oxygen atoms in total. The van der Waals surface area contributed by atoms with Crippen LogP contribution in [0.4, 0.5) is 11.4 Å². The number of ether oxygens (including phenoxy) is 2. The topological polar surface area (TPSA) is 98.6 Å². The van der Waals surface area contributed by atoms with Gasteiger partial charge in [0.15, 0.2) is 17.5 Å². The quantitative estimate of drug-likeness (QED) is 0.463. The monoisotopic (exact) mass is 469 g/mol. The predicted octanol–water partition coefficient (Wildman–Crippen LogP) is 3.61. The summed E-state index contributed by atoms with van der Waals surface area (Å²) in [5.74, 6) is 0.375. The van der Waals surface area contributed by atoms with Crippen LogP contribution in [0.3, 0.4) is 0 Å². The molecule has 0 radical (unpaired) electrons. The van der Waals surface area contributed by atoms with E-state index in [1.165, 1.54) is 4.90 Å². The molecule has 0 bridgehead atoms. The fraction of sp³-hybridized carbons (Fsp3) is 0.154. The molecule has 4 aromatic rings. The number of carbonyl (C=O) groups excluding carboxylic acids is 2. The predicted molar refractivity (Wildman–Crippen MR) is 129 cm³/mol. The van der Waals surface area contributed by atoms with Gasteiger partial charge in [-0.15, -0.1) is 0 Å². The summed E-state index contributed by atoms with van der Waals surface area (Å²) >= 11 is 0. The second-order valence-corrected chi connectivity index (χ2v) is 7.92. The van der Waals surface area contributed by atoms with Gasteiger partial charge in [0, 0.05) is 36.8 Å². The van der Waals surface area contributed by atoms with Crippen LogP contribution in [-0.2, 0) is 11.8 Å². The van der Waals surface area contributed by atoms with Crippen molar-refractivity contribution >= 4 is 23.2 Å². The van der Waals surface area contributed by atoms with Crippen LogP contribution in [0.25, 0.3) is 0 Å². The van der Waals surface area contributed by atoms with Gasteiger partial charge in [0.05, 0.1) is 17.6 Å². The number of hydrogen-bond acceptors (Lipinski definition) is 6. The summed E-state index contributed by atoms with van der Waals surface area (Å²) in [6, 6.07) is 18.2. The van der Waals surface area contributed by atoms with Crippen LogP contribution < -0.4 is 19.7 Å². The Balaban J connectivity index is 1.56. The van der Waals surface area contributed by atoms with Crippen LogP contribution in [-0.4, -0.2) is 39.8 Å². The van der Waals surface area contributed by atoms with Crippen molar-refractivity contribution in [3.63, 3.8) is 0 Å². The molecule has 0 spiro atoms. The van der Waals surface area contributed by atoms with Gasteiger partial charge in [0.1, 0.15) is 13.2 Å². The van der Waals surface area contributed by atoms with E-state index in [0.717, 1.165) is 0 Å². The third-order valence-electron chi connectivity index (χ3n) is 5.49. The van der Waals surface area contributed by atoms with Gasteiger partial charge in [-0.2, -0.15) is 5.10 Å². The van der Waals surface area contributed by atoms with E-state index in [9.17, 15) is 9.59 Å². The number of rotatable bonds is 6. The highest BCUT2D eigenvalue weighted by molar-refractivity contribution is 6.11. The number of pyridine rings is 1. The molecule has 1 unspecified atom stereocenters. The van der Waals surface area contributed by atoms with Gasteiger partial charge < -0.3 is 14.8 Å². The maximum atomic E-state index is 13.8. The molecule has 35 heavy (non-hydrogen) atoms. The zero-order valence-electron chi connectivity index (χ0n) is 19.0.